The monoisotopic (exact) mass is 184 g/mol. The van der Waals surface area contributed by atoms with Crippen LogP contribution < -0.4 is 0 Å². The van der Waals surface area contributed by atoms with E-state index in [2.05, 4.69) is 20.8 Å². The zero-order valence-electron chi connectivity index (χ0n) is 9.34. The van der Waals surface area contributed by atoms with Crippen LogP contribution >= 0.6 is 0 Å². The zero-order valence-corrected chi connectivity index (χ0v) is 9.34. The molecule has 0 aromatic heterocycles. The smallest absolute Gasteiger partial charge is 0.0462 e. The van der Waals surface area contributed by atoms with Crippen LogP contribution in [0.4, 0.5) is 0 Å². The molecule has 0 saturated heterocycles. The average molecular weight is 184 g/mol. The summed E-state index contributed by atoms with van der Waals surface area (Å²) >= 11 is 0. The van der Waals surface area contributed by atoms with Crippen molar-refractivity contribution in [1.82, 2.24) is 0 Å². The van der Waals surface area contributed by atoms with Gasteiger partial charge in [0.05, 0.1) is 0 Å². The summed E-state index contributed by atoms with van der Waals surface area (Å²) < 4.78 is 0. The molecule has 1 fully saturated rings. The third-order valence-electron chi connectivity index (χ3n) is 4.06. The first-order valence-corrected chi connectivity index (χ1v) is 5.72. The zero-order chi connectivity index (χ0) is 9.90. The number of hydrogen-bond donors (Lipinski definition) is 1. The molecule has 0 radical (unpaired) electrons. The summed E-state index contributed by atoms with van der Waals surface area (Å²) in [6.45, 7) is 7.37. The molecule has 1 saturated carbocycles. The Morgan fingerprint density at radius 2 is 1.85 bits per heavy atom. The van der Waals surface area contributed by atoms with Crippen LogP contribution in [0.3, 0.4) is 0 Å². The second-order valence-electron chi connectivity index (χ2n) is 5.18. The number of aliphatic hydroxyl groups excluding tert-OH is 1. The van der Waals surface area contributed by atoms with Crippen molar-refractivity contribution in [2.75, 3.05) is 6.61 Å². The highest BCUT2D eigenvalue weighted by molar-refractivity contribution is 4.85. The van der Waals surface area contributed by atoms with Gasteiger partial charge in [-0.05, 0) is 30.1 Å². The molecule has 1 N–H and O–H groups in total. The van der Waals surface area contributed by atoms with Gasteiger partial charge in [0.25, 0.3) is 0 Å². The van der Waals surface area contributed by atoms with Crippen molar-refractivity contribution >= 4 is 0 Å². The highest BCUT2D eigenvalue weighted by atomic mass is 16.3. The summed E-state index contributed by atoms with van der Waals surface area (Å²) in [6, 6.07) is 0. The fourth-order valence-corrected chi connectivity index (χ4v) is 2.72. The van der Waals surface area contributed by atoms with Gasteiger partial charge in [0.2, 0.25) is 0 Å². The molecule has 1 nitrogen and oxygen atoms in total. The van der Waals surface area contributed by atoms with Gasteiger partial charge in [-0.15, -0.1) is 0 Å². The summed E-state index contributed by atoms with van der Waals surface area (Å²) in [6.07, 6.45) is 6.48. The van der Waals surface area contributed by atoms with Crippen LogP contribution in [0.1, 0.15) is 52.9 Å². The summed E-state index contributed by atoms with van der Waals surface area (Å²) in [5, 5.41) is 9.32. The lowest BCUT2D eigenvalue weighted by molar-refractivity contribution is 0.0487. The molecule has 13 heavy (non-hydrogen) atoms. The second kappa shape index (κ2) is 4.45. The van der Waals surface area contributed by atoms with E-state index < -0.39 is 0 Å². The third-order valence-corrected chi connectivity index (χ3v) is 4.06. The summed E-state index contributed by atoms with van der Waals surface area (Å²) in [7, 11) is 0. The van der Waals surface area contributed by atoms with Gasteiger partial charge >= 0.3 is 0 Å². The van der Waals surface area contributed by atoms with E-state index in [1.807, 2.05) is 0 Å². The molecule has 1 rings (SSSR count). The van der Waals surface area contributed by atoms with Gasteiger partial charge in [-0.1, -0.05) is 40.0 Å². The highest BCUT2D eigenvalue weighted by Crippen LogP contribution is 2.43. The van der Waals surface area contributed by atoms with Crippen molar-refractivity contribution in [1.29, 1.82) is 0 Å². The van der Waals surface area contributed by atoms with Crippen molar-refractivity contribution in [2.24, 2.45) is 17.3 Å². The van der Waals surface area contributed by atoms with E-state index in [4.69, 9.17) is 0 Å². The van der Waals surface area contributed by atoms with Crippen molar-refractivity contribution < 1.29 is 5.11 Å². The average Bonchev–Trinajstić information content (AvgIpc) is 2.18. The van der Waals surface area contributed by atoms with Gasteiger partial charge < -0.3 is 5.11 Å². The van der Waals surface area contributed by atoms with E-state index in [0.29, 0.717) is 17.9 Å². The second-order valence-corrected chi connectivity index (χ2v) is 5.18. The molecule has 78 valence electrons. The van der Waals surface area contributed by atoms with E-state index in [9.17, 15) is 5.11 Å². The van der Waals surface area contributed by atoms with Crippen LogP contribution in [-0.2, 0) is 0 Å². The molecule has 0 aromatic rings. The molecule has 2 unspecified atom stereocenters. The van der Waals surface area contributed by atoms with Crippen LogP contribution in [0.25, 0.3) is 0 Å². The van der Waals surface area contributed by atoms with Crippen LogP contribution in [0.5, 0.6) is 0 Å². The highest BCUT2D eigenvalue weighted by Gasteiger charge is 2.35. The van der Waals surface area contributed by atoms with Gasteiger partial charge in [-0.3, -0.25) is 0 Å². The molecular weight excluding hydrogens is 160 g/mol. The molecule has 0 aromatic carbocycles. The van der Waals surface area contributed by atoms with Crippen LogP contribution in [0.2, 0.25) is 0 Å². The molecule has 0 heterocycles. The Kier molecular flexibility index (Phi) is 3.78. The maximum Gasteiger partial charge on any atom is 0.0462 e. The summed E-state index contributed by atoms with van der Waals surface area (Å²) in [5.41, 5.74) is 0.424. The largest absolute Gasteiger partial charge is 0.396 e. The van der Waals surface area contributed by atoms with Gasteiger partial charge in [-0.25, -0.2) is 0 Å². The molecule has 0 amide bonds. The molecule has 0 spiro atoms. The molecule has 1 aliphatic rings. The van der Waals surface area contributed by atoms with E-state index in [1.165, 1.54) is 32.1 Å². The van der Waals surface area contributed by atoms with Crippen LogP contribution in [-0.4, -0.2) is 11.7 Å². The lowest BCUT2D eigenvalue weighted by atomic mass is 9.65. The van der Waals surface area contributed by atoms with E-state index in [-0.39, 0.29) is 0 Å². The lowest BCUT2D eigenvalue weighted by Crippen LogP contribution is -2.34. The lowest BCUT2D eigenvalue weighted by Gasteiger charge is -2.41. The predicted molar refractivity (Wildman–Crippen MR) is 56.6 cm³/mol. The van der Waals surface area contributed by atoms with Crippen LogP contribution in [0, 0.1) is 17.3 Å². The minimum atomic E-state index is 0.397. The van der Waals surface area contributed by atoms with Gasteiger partial charge in [-0.2, -0.15) is 0 Å². The van der Waals surface area contributed by atoms with Crippen molar-refractivity contribution in [3.8, 4) is 0 Å². The maximum atomic E-state index is 9.32. The Hall–Kier alpha value is -0.0400. The number of hydrogen-bond acceptors (Lipinski definition) is 1. The first-order valence-electron chi connectivity index (χ1n) is 5.72. The van der Waals surface area contributed by atoms with E-state index in [1.54, 1.807) is 0 Å². The summed E-state index contributed by atoms with van der Waals surface area (Å²) in [5.74, 6) is 1.32. The fourth-order valence-electron chi connectivity index (χ4n) is 2.72. The summed E-state index contributed by atoms with van der Waals surface area (Å²) in [4.78, 5) is 0. The van der Waals surface area contributed by atoms with Crippen molar-refractivity contribution in [2.45, 2.75) is 52.9 Å². The minimum Gasteiger partial charge on any atom is -0.396 e. The topological polar surface area (TPSA) is 20.2 Å². The fraction of sp³-hybridized carbons (Fsp3) is 1.00. The Balaban J connectivity index is 2.63. The van der Waals surface area contributed by atoms with E-state index >= 15 is 0 Å². The molecule has 1 heteroatoms. The maximum absolute atomic E-state index is 9.32. The standard InChI is InChI=1S/C12H24O/c1-4-12(2,3)11-8-6-5-7-10(11)9-13/h10-11,13H,4-9H2,1-3H3. The number of aliphatic hydroxyl groups is 1. The Morgan fingerprint density at radius 3 is 2.38 bits per heavy atom. The molecular formula is C12H24O. The quantitative estimate of drug-likeness (QED) is 0.714. The Labute approximate surface area is 82.5 Å². The normalized spacial score (nSPS) is 30.5. The number of rotatable bonds is 3. The third kappa shape index (κ3) is 2.46. The Morgan fingerprint density at radius 1 is 1.23 bits per heavy atom. The molecule has 1 aliphatic carbocycles. The predicted octanol–water partition coefficient (Wildman–Crippen LogP) is 3.22. The van der Waals surface area contributed by atoms with Crippen molar-refractivity contribution in [3.05, 3.63) is 0 Å². The molecule has 2 atom stereocenters. The van der Waals surface area contributed by atoms with Crippen LogP contribution in [0.15, 0.2) is 0 Å². The van der Waals surface area contributed by atoms with Crippen molar-refractivity contribution in [3.63, 3.8) is 0 Å². The Bertz CT molecular complexity index is 151. The molecule has 0 bridgehead atoms. The first-order chi connectivity index (χ1) is 6.11. The first kappa shape index (κ1) is 11.0. The van der Waals surface area contributed by atoms with Gasteiger partial charge in [0, 0.05) is 6.61 Å². The van der Waals surface area contributed by atoms with Gasteiger partial charge in [0.1, 0.15) is 0 Å². The van der Waals surface area contributed by atoms with Gasteiger partial charge in [0.15, 0.2) is 0 Å². The minimum absolute atomic E-state index is 0.397. The SMILES string of the molecule is CCC(C)(C)C1CCCCC1CO. The molecule has 0 aliphatic heterocycles. The van der Waals surface area contributed by atoms with E-state index in [0.717, 1.165) is 5.92 Å².